The third kappa shape index (κ3) is 10.2. The molecule has 6 rings (SSSR count). The van der Waals surface area contributed by atoms with E-state index in [0.717, 1.165) is 4.88 Å². The van der Waals surface area contributed by atoms with E-state index in [1.54, 1.807) is 54.6 Å². The number of rotatable bonds is 7. The lowest BCUT2D eigenvalue weighted by molar-refractivity contribution is -0.142. The summed E-state index contributed by atoms with van der Waals surface area (Å²) in [6, 6.07) is 19.4. The molecule has 254 valence electrons. The number of hydrogen-bond donors (Lipinski definition) is 5. The standard InChI is InChI=1S/C36H35FN4O7S/c37-25-12-8-23(9-13-25)18-29-33(43)39-28(17-22-5-2-1-3-6-22)34(44)41-31(36(46)47)19-24-10-14-26(15-11-24)48-21-32(42)38-30(35(45)40-29)20-27-7-4-16-49-27/h1-16,28-31H,17-21H2,(H,38,42)(H,39,43)(H,40,45)(H,41,44)(H,46,47)/t28-,29-,30-,31-/m0/s1. The van der Waals surface area contributed by atoms with E-state index in [1.165, 1.54) is 35.6 Å². The maximum atomic E-state index is 14.0. The molecule has 0 fully saturated rings. The molecule has 2 aliphatic rings. The summed E-state index contributed by atoms with van der Waals surface area (Å²) in [6.07, 6.45) is 0.00301. The molecule has 13 heteroatoms. The van der Waals surface area contributed by atoms with Gasteiger partial charge in [0.25, 0.3) is 5.91 Å². The minimum atomic E-state index is -1.34. The summed E-state index contributed by atoms with van der Waals surface area (Å²) in [5, 5.41) is 22.5. The fourth-order valence-electron chi connectivity index (χ4n) is 5.32. The second-order valence-corrected chi connectivity index (χ2v) is 12.6. The Hall–Kier alpha value is -5.56. The van der Waals surface area contributed by atoms with E-state index in [4.69, 9.17) is 4.74 Å². The van der Waals surface area contributed by atoms with E-state index in [-0.39, 0.29) is 25.7 Å². The second-order valence-electron chi connectivity index (χ2n) is 11.6. The van der Waals surface area contributed by atoms with Crippen molar-refractivity contribution < 1.29 is 38.2 Å². The van der Waals surface area contributed by atoms with Gasteiger partial charge in [0.1, 0.15) is 35.7 Å². The first-order valence-electron chi connectivity index (χ1n) is 15.6. The summed E-state index contributed by atoms with van der Waals surface area (Å²) >= 11 is 1.40. The first-order valence-corrected chi connectivity index (χ1v) is 16.5. The summed E-state index contributed by atoms with van der Waals surface area (Å²) in [5.74, 6) is -4.15. The summed E-state index contributed by atoms with van der Waals surface area (Å²) in [4.78, 5) is 67.6. The van der Waals surface area contributed by atoms with E-state index in [0.29, 0.717) is 22.4 Å². The number of carboxylic acid groups (broad SMARTS) is 1. The number of aliphatic carboxylic acids is 1. The average molecular weight is 687 g/mol. The van der Waals surface area contributed by atoms with Gasteiger partial charge >= 0.3 is 5.97 Å². The van der Waals surface area contributed by atoms with E-state index in [2.05, 4.69) is 21.3 Å². The lowest BCUT2D eigenvalue weighted by Crippen LogP contribution is -2.59. The Morgan fingerprint density at radius 2 is 1.31 bits per heavy atom. The predicted octanol–water partition coefficient (Wildman–Crippen LogP) is 2.57. The molecule has 0 saturated carbocycles. The Balaban J connectivity index is 1.50. The minimum Gasteiger partial charge on any atom is -0.484 e. The Labute approximate surface area is 285 Å². The summed E-state index contributed by atoms with van der Waals surface area (Å²) < 4.78 is 19.4. The number of benzene rings is 3. The van der Waals surface area contributed by atoms with Crippen LogP contribution in [0.1, 0.15) is 21.6 Å². The smallest absolute Gasteiger partial charge is 0.326 e. The maximum absolute atomic E-state index is 14.0. The quantitative estimate of drug-likeness (QED) is 0.187. The third-order valence-corrected chi connectivity index (χ3v) is 8.79. The molecular weight excluding hydrogens is 651 g/mol. The molecule has 0 saturated heterocycles. The normalized spacial score (nSPS) is 20.8. The molecule has 1 aromatic heterocycles. The Morgan fingerprint density at radius 3 is 1.90 bits per heavy atom. The number of carbonyl (C=O) groups is 5. The Kier molecular flexibility index (Phi) is 11.7. The maximum Gasteiger partial charge on any atom is 0.326 e. The van der Waals surface area contributed by atoms with Crippen molar-refractivity contribution in [3.63, 3.8) is 0 Å². The van der Waals surface area contributed by atoms with Gasteiger partial charge in [0.15, 0.2) is 6.61 Å². The SMILES string of the molecule is O=C1COc2ccc(cc2)C[C@@H](C(=O)O)NC(=O)[C@H](Cc2ccccc2)NC(=O)[C@H](Cc2ccc(F)cc2)NC(=O)[C@H](Cc2cccs2)N1. The molecule has 0 unspecified atom stereocenters. The van der Waals surface area contributed by atoms with Crippen molar-refractivity contribution in [1.82, 2.24) is 21.3 Å². The number of ether oxygens (including phenoxy) is 1. The highest BCUT2D eigenvalue weighted by molar-refractivity contribution is 7.09. The van der Waals surface area contributed by atoms with Crippen molar-refractivity contribution in [2.75, 3.05) is 6.61 Å². The van der Waals surface area contributed by atoms with Gasteiger partial charge < -0.3 is 31.1 Å². The summed E-state index contributed by atoms with van der Waals surface area (Å²) in [6.45, 7) is -0.415. The van der Waals surface area contributed by atoms with Crippen LogP contribution in [0.2, 0.25) is 0 Å². The van der Waals surface area contributed by atoms with E-state index < -0.39 is 66.2 Å². The van der Waals surface area contributed by atoms with Gasteiger partial charge in [0.2, 0.25) is 17.7 Å². The fourth-order valence-corrected chi connectivity index (χ4v) is 6.08. The second kappa shape index (κ2) is 16.5. The molecule has 0 aliphatic carbocycles. The molecule has 0 spiro atoms. The molecule has 4 aromatic rings. The average Bonchev–Trinajstić information content (AvgIpc) is 3.61. The number of carbonyl (C=O) groups excluding carboxylic acids is 4. The monoisotopic (exact) mass is 686 g/mol. The highest BCUT2D eigenvalue weighted by atomic mass is 32.1. The van der Waals surface area contributed by atoms with Gasteiger partial charge in [0.05, 0.1) is 0 Å². The number of hydrogen-bond acceptors (Lipinski definition) is 7. The lowest BCUT2D eigenvalue weighted by Gasteiger charge is -2.26. The van der Waals surface area contributed by atoms with Crippen molar-refractivity contribution in [1.29, 1.82) is 0 Å². The largest absolute Gasteiger partial charge is 0.484 e. The van der Waals surface area contributed by atoms with E-state index in [9.17, 15) is 33.5 Å². The van der Waals surface area contributed by atoms with Crippen LogP contribution in [0.25, 0.3) is 0 Å². The summed E-state index contributed by atoms with van der Waals surface area (Å²) in [5.41, 5.74) is 1.80. The molecule has 49 heavy (non-hydrogen) atoms. The van der Waals surface area contributed by atoms with Crippen LogP contribution in [0.4, 0.5) is 4.39 Å². The van der Waals surface area contributed by atoms with Gasteiger partial charge in [-0.3, -0.25) is 19.2 Å². The number of thiophene rings is 1. The van der Waals surface area contributed by atoms with Gasteiger partial charge in [-0.05, 0) is 52.4 Å². The van der Waals surface area contributed by atoms with Crippen LogP contribution in [0.5, 0.6) is 5.75 Å². The zero-order valence-corrected chi connectivity index (χ0v) is 27.1. The molecular formula is C36H35FN4O7S. The molecule has 5 N–H and O–H groups in total. The van der Waals surface area contributed by atoms with Gasteiger partial charge in [-0.25, -0.2) is 9.18 Å². The van der Waals surface area contributed by atoms with Gasteiger partial charge in [-0.15, -0.1) is 11.3 Å². The fraction of sp³-hybridized carbons (Fsp3) is 0.250. The van der Waals surface area contributed by atoms with Crippen LogP contribution in [0.3, 0.4) is 0 Å². The molecule has 11 nitrogen and oxygen atoms in total. The number of amides is 4. The van der Waals surface area contributed by atoms with E-state index >= 15 is 0 Å². The van der Waals surface area contributed by atoms with Crippen molar-refractivity contribution in [2.24, 2.45) is 0 Å². The molecule has 3 heterocycles. The highest BCUT2D eigenvalue weighted by Gasteiger charge is 2.32. The van der Waals surface area contributed by atoms with Crippen LogP contribution in [-0.2, 0) is 49.7 Å². The number of fused-ring (bicyclic) bond motifs is 16. The van der Waals surface area contributed by atoms with Crippen LogP contribution < -0.4 is 26.0 Å². The van der Waals surface area contributed by atoms with Crippen molar-refractivity contribution in [3.8, 4) is 5.75 Å². The Morgan fingerprint density at radius 1 is 0.714 bits per heavy atom. The lowest BCUT2D eigenvalue weighted by atomic mass is 10.0. The highest BCUT2D eigenvalue weighted by Crippen LogP contribution is 2.16. The number of nitrogens with one attached hydrogen (secondary N) is 4. The number of carboxylic acids is 1. The predicted molar refractivity (Wildman–Crippen MR) is 179 cm³/mol. The molecule has 2 aliphatic heterocycles. The third-order valence-electron chi connectivity index (χ3n) is 7.89. The Bertz CT molecular complexity index is 1750. The molecule has 3 aromatic carbocycles. The van der Waals surface area contributed by atoms with Crippen LogP contribution >= 0.6 is 11.3 Å². The van der Waals surface area contributed by atoms with Crippen molar-refractivity contribution >= 4 is 40.9 Å². The van der Waals surface area contributed by atoms with E-state index in [1.807, 2.05) is 17.5 Å². The van der Waals surface area contributed by atoms with Crippen LogP contribution in [-0.4, -0.2) is 65.5 Å². The molecule has 0 radical (unpaired) electrons. The van der Waals surface area contributed by atoms with Crippen molar-refractivity contribution in [2.45, 2.75) is 49.9 Å². The molecule has 4 amide bonds. The van der Waals surface area contributed by atoms with Gasteiger partial charge in [-0.1, -0.05) is 60.7 Å². The van der Waals surface area contributed by atoms with Crippen LogP contribution in [0, 0.1) is 5.82 Å². The first-order chi connectivity index (χ1) is 23.6. The zero-order valence-electron chi connectivity index (χ0n) is 26.3. The van der Waals surface area contributed by atoms with Crippen molar-refractivity contribution in [3.05, 3.63) is 124 Å². The van der Waals surface area contributed by atoms with Gasteiger partial charge in [-0.2, -0.15) is 0 Å². The summed E-state index contributed by atoms with van der Waals surface area (Å²) in [7, 11) is 0. The first kappa shape index (κ1) is 34.8. The van der Waals surface area contributed by atoms with Gasteiger partial charge in [0, 0.05) is 30.6 Å². The topological polar surface area (TPSA) is 163 Å². The van der Waals surface area contributed by atoms with Crippen LogP contribution in [0.15, 0.2) is 96.4 Å². The zero-order chi connectivity index (χ0) is 34.8. The number of halogens is 1. The minimum absolute atomic E-state index is 0.0189. The molecule has 4 atom stereocenters. The molecule has 2 bridgehead atoms.